The van der Waals surface area contributed by atoms with E-state index in [-0.39, 0.29) is 0 Å². The van der Waals surface area contributed by atoms with Gasteiger partial charge in [-0.1, -0.05) is 142 Å². The van der Waals surface area contributed by atoms with E-state index in [0.29, 0.717) is 6.54 Å². The molecule has 0 bridgehead atoms. The number of unbranched alkanes of at least 4 members (excludes halogenated alkanes) is 22. The minimum Gasteiger partial charge on any atom is -0.624 e. The number of nitrogens with zero attached hydrogens (tertiary/aromatic N) is 1. The summed E-state index contributed by atoms with van der Waals surface area (Å²) in [5.74, 6) is 0. The van der Waals surface area contributed by atoms with Crippen LogP contribution in [0, 0.1) is 5.21 Å². The molecule has 0 saturated heterocycles. The first-order valence-corrected chi connectivity index (χ1v) is 14.1. The van der Waals surface area contributed by atoms with Crippen LogP contribution < -0.4 is 0 Å². The molecule has 0 saturated carbocycles. The van der Waals surface area contributed by atoms with Gasteiger partial charge in [0.1, 0.15) is 0 Å². The van der Waals surface area contributed by atoms with Gasteiger partial charge in [0.15, 0.2) is 12.8 Å². The van der Waals surface area contributed by atoms with E-state index in [1.807, 2.05) is 6.21 Å². The van der Waals surface area contributed by atoms with Gasteiger partial charge in [-0.3, -0.25) is 0 Å². The minimum atomic E-state index is 0.704. The molecule has 0 rings (SSSR count). The molecule has 0 aromatic carbocycles. The zero-order valence-electron chi connectivity index (χ0n) is 21.1. The fourth-order valence-electron chi connectivity index (χ4n) is 4.24. The average molecular weight is 424 g/mol. The maximum absolute atomic E-state index is 11.9. The highest BCUT2D eigenvalue weighted by Gasteiger charge is 1.97. The first-order valence-electron chi connectivity index (χ1n) is 14.1. The molecule has 0 aromatic rings. The summed E-state index contributed by atoms with van der Waals surface area (Å²) in [5.41, 5.74) is 0. The monoisotopic (exact) mass is 423 g/mol. The van der Waals surface area contributed by atoms with Crippen LogP contribution in [0.2, 0.25) is 0 Å². The molecule has 0 spiro atoms. The first-order chi connectivity index (χ1) is 14.8. The van der Waals surface area contributed by atoms with E-state index in [2.05, 4.69) is 13.8 Å². The Hall–Kier alpha value is -0.530. The maximum Gasteiger partial charge on any atom is 0.153 e. The molecule has 180 valence electrons. The van der Waals surface area contributed by atoms with Crippen molar-refractivity contribution in [2.24, 2.45) is 0 Å². The Balaban J connectivity index is 3.22. The van der Waals surface area contributed by atoms with Crippen LogP contribution in [0.5, 0.6) is 0 Å². The van der Waals surface area contributed by atoms with Crippen LogP contribution in [0.1, 0.15) is 168 Å². The van der Waals surface area contributed by atoms with Gasteiger partial charge in [-0.2, -0.15) is 0 Å². The van der Waals surface area contributed by atoms with Gasteiger partial charge in [-0.05, 0) is 12.8 Å². The summed E-state index contributed by atoms with van der Waals surface area (Å²) >= 11 is 0. The molecule has 0 radical (unpaired) electrons. The summed E-state index contributed by atoms with van der Waals surface area (Å²) in [7, 11) is 0. The Morgan fingerprint density at radius 1 is 0.433 bits per heavy atom. The van der Waals surface area contributed by atoms with Gasteiger partial charge < -0.3 is 5.21 Å². The molecular formula is C28H57NO. The van der Waals surface area contributed by atoms with Gasteiger partial charge in [-0.15, -0.1) is 0 Å². The quantitative estimate of drug-likeness (QED) is 0.0471. The second kappa shape index (κ2) is 26.5. The van der Waals surface area contributed by atoms with E-state index < -0.39 is 0 Å². The molecule has 0 heterocycles. The average Bonchev–Trinajstić information content (AvgIpc) is 2.75. The van der Waals surface area contributed by atoms with E-state index in [0.717, 1.165) is 12.8 Å². The lowest BCUT2D eigenvalue weighted by Crippen LogP contribution is -2.06. The lowest BCUT2D eigenvalue weighted by atomic mass is 10.1. The Labute approximate surface area is 190 Å². The third-order valence-corrected chi connectivity index (χ3v) is 6.37. The minimum absolute atomic E-state index is 0.704. The molecule has 0 amide bonds. The van der Waals surface area contributed by atoms with Gasteiger partial charge in [0.25, 0.3) is 0 Å². The van der Waals surface area contributed by atoms with Crippen molar-refractivity contribution in [1.82, 2.24) is 0 Å². The van der Waals surface area contributed by atoms with Crippen molar-refractivity contribution in [2.75, 3.05) is 6.54 Å². The molecule has 0 fully saturated rings. The van der Waals surface area contributed by atoms with Crippen molar-refractivity contribution in [2.45, 2.75) is 168 Å². The highest BCUT2D eigenvalue weighted by atomic mass is 16.5. The number of hydroxylamine groups is 1. The van der Waals surface area contributed by atoms with Gasteiger partial charge in [0.2, 0.25) is 0 Å². The predicted octanol–water partition coefficient (Wildman–Crippen LogP) is 9.97. The Morgan fingerprint density at radius 2 is 0.733 bits per heavy atom. The maximum atomic E-state index is 11.9. The molecule has 0 atom stereocenters. The van der Waals surface area contributed by atoms with Crippen LogP contribution in [0.4, 0.5) is 0 Å². The largest absolute Gasteiger partial charge is 0.624 e. The number of hydrogen-bond acceptors (Lipinski definition) is 1. The SMILES string of the molecule is CCCCCCCCCCCCCC=[N+]([O-])CCCCCCCCCCCCCC. The molecule has 0 unspecified atom stereocenters. The standard InChI is InChI=1S/C28H57NO/c1-3-5-7-9-11-13-15-17-19-21-23-25-27-29(30)28-26-24-22-20-18-16-14-12-10-8-6-4-2/h27H,3-26,28H2,1-2H3. The van der Waals surface area contributed by atoms with Crippen molar-refractivity contribution >= 4 is 6.21 Å². The first kappa shape index (κ1) is 29.5. The van der Waals surface area contributed by atoms with Crippen molar-refractivity contribution in [3.8, 4) is 0 Å². The fraction of sp³-hybridized carbons (Fsp3) is 0.964. The zero-order valence-corrected chi connectivity index (χ0v) is 21.1. The topological polar surface area (TPSA) is 26.1 Å². The van der Waals surface area contributed by atoms with Crippen LogP contribution in [0.15, 0.2) is 0 Å². The lowest BCUT2D eigenvalue weighted by molar-refractivity contribution is -0.454. The zero-order chi connectivity index (χ0) is 22.0. The van der Waals surface area contributed by atoms with E-state index in [1.165, 1.54) is 146 Å². The second-order valence-corrected chi connectivity index (χ2v) is 9.54. The highest BCUT2D eigenvalue weighted by Crippen LogP contribution is 2.13. The summed E-state index contributed by atoms with van der Waals surface area (Å²) in [4.78, 5) is 0. The van der Waals surface area contributed by atoms with Crippen LogP contribution in [0.3, 0.4) is 0 Å². The third-order valence-electron chi connectivity index (χ3n) is 6.37. The highest BCUT2D eigenvalue weighted by molar-refractivity contribution is 5.50. The Bertz CT molecular complexity index is 340. The molecule has 0 aliphatic carbocycles. The summed E-state index contributed by atoms with van der Waals surface area (Å²) in [5, 5.41) is 11.9. The molecule has 0 N–H and O–H groups in total. The molecule has 0 aromatic heterocycles. The summed E-state index contributed by atoms with van der Waals surface area (Å²) < 4.78 is 1.20. The van der Waals surface area contributed by atoms with Gasteiger partial charge in [-0.25, -0.2) is 4.74 Å². The van der Waals surface area contributed by atoms with E-state index in [9.17, 15) is 5.21 Å². The number of rotatable bonds is 25. The van der Waals surface area contributed by atoms with E-state index in [4.69, 9.17) is 0 Å². The molecule has 2 heteroatoms. The van der Waals surface area contributed by atoms with E-state index >= 15 is 0 Å². The van der Waals surface area contributed by atoms with Gasteiger partial charge in [0, 0.05) is 12.8 Å². The van der Waals surface area contributed by atoms with Crippen molar-refractivity contribution in [3.63, 3.8) is 0 Å². The third kappa shape index (κ3) is 25.5. The number of hydrogen-bond donors (Lipinski definition) is 0. The summed E-state index contributed by atoms with van der Waals surface area (Å²) in [6.45, 7) is 5.27. The van der Waals surface area contributed by atoms with Crippen molar-refractivity contribution in [1.29, 1.82) is 0 Å². The molecule has 0 aliphatic rings. The van der Waals surface area contributed by atoms with Crippen LogP contribution in [-0.2, 0) is 0 Å². The molecule has 0 aliphatic heterocycles. The van der Waals surface area contributed by atoms with Gasteiger partial charge in [0.05, 0.1) is 0 Å². The summed E-state index contributed by atoms with van der Waals surface area (Å²) in [6.07, 6.45) is 34.2. The molecular weight excluding hydrogens is 366 g/mol. The normalized spacial score (nSPS) is 12.0. The smallest absolute Gasteiger partial charge is 0.153 e. The second-order valence-electron chi connectivity index (χ2n) is 9.54. The van der Waals surface area contributed by atoms with Crippen molar-refractivity contribution < 1.29 is 4.74 Å². The summed E-state index contributed by atoms with van der Waals surface area (Å²) in [6, 6.07) is 0. The predicted molar refractivity (Wildman–Crippen MR) is 137 cm³/mol. The fourth-order valence-corrected chi connectivity index (χ4v) is 4.24. The lowest BCUT2D eigenvalue weighted by Gasteiger charge is -2.05. The molecule has 2 nitrogen and oxygen atoms in total. The van der Waals surface area contributed by atoms with Crippen molar-refractivity contribution in [3.05, 3.63) is 5.21 Å². The van der Waals surface area contributed by atoms with Crippen LogP contribution >= 0.6 is 0 Å². The van der Waals surface area contributed by atoms with Crippen LogP contribution in [0.25, 0.3) is 0 Å². The van der Waals surface area contributed by atoms with Gasteiger partial charge >= 0.3 is 0 Å². The van der Waals surface area contributed by atoms with E-state index in [1.54, 1.807) is 0 Å². The Kier molecular flexibility index (Phi) is 26.0. The molecule has 30 heavy (non-hydrogen) atoms. The van der Waals surface area contributed by atoms with Crippen LogP contribution in [-0.4, -0.2) is 17.5 Å². The Morgan fingerprint density at radius 3 is 1.10 bits per heavy atom.